The molecule has 0 bridgehead atoms. The van der Waals surface area contributed by atoms with E-state index in [9.17, 15) is 4.79 Å². The summed E-state index contributed by atoms with van der Waals surface area (Å²) in [5.41, 5.74) is 0.160. The lowest BCUT2D eigenvalue weighted by Crippen LogP contribution is -2.39. The van der Waals surface area contributed by atoms with Crippen LogP contribution in [0.4, 0.5) is 0 Å². The predicted octanol–water partition coefficient (Wildman–Crippen LogP) is 5.37. The fraction of sp³-hybridized carbons (Fsp3) is 0.952. The van der Waals surface area contributed by atoms with Gasteiger partial charge in [-0.2, -0.15) is 0 Å². The second-order valence-corrected chi connectivity index (χ2v) is 8.95. The molecule has 24 heavy (non-hydrogen) atoms. The van der Waals surface area contributed by atoms with Crippen LogP contribution in [0.5, 0.6) is 0 Å². The number of fused-ring (bicyclic) bond motifs is 1. The number of ketones is 1. The van der Waals surface area contributed by atoms with Crippen molar-refractivity contribution in [1.82, 2.24) is 0 Å². The van der Waals surface area contributed by atoms with Gasteiger partial charge in [0.25, 0.3) is 0 Å². The van der Waals surface area contributed by atoms with Gasteiger partial charge in [0.1, 0.15) is 12.6 Å². The fourth-order valence-corrected chi connectivity index (χ4v) is 5.31. The van der Waals surface area contributed by atoms with E-state index in [4.69, 9.17) is 9.47 Å². The van der Waals surface area contributed by atoms with E-state index in [0.717, 1.165) is 31.6 Å². The van der Waals surface area contributed by atoms with Gasteiger partial charge in [-0.25, -0.2) is 0 Å². The van der Waals surface area contributed by atoms with Crippen LogP contribution in [0.15, 0.2) is 0 Å². The van der Waals surface area contributed by atoms with E-state index in [2.05, 4.69) is 27.7 Å². The average Bonchev–Trinajstić information content (AvgIpc) is 2.85. The maximum Gasteiger partial charge on any atom is 0.147 e. The summed E-state index contributed by atoms with van der Waals surface area (Å²) in [7, 11) is 0. The Kier molecular flexibility index (Phi) is 6.90. The number of hydrogen-bond donors (Lipinski definition) is 0. The molecule has 140 valence electrons. The molecular formula is C21H38O3. The van der Waals surface area contributed by atoms with Crippen LogP contribution in [0.2, 0.25) is 0 Å². The first-order valence-electron chi connectivity index (χ1n) is 10.0. The van der Waals surface area contributed by atoms with Crippen LogP contribution in [-0.2, 0) is 14.3 Å². The van der Waals surface area contributed by atoms with Crippen molar-refractivity contribution in [3.8, 4) is 0 Å². The van der Waals surface area contributed by atoms with Crippen molar-refractivity contribution >= 4 is 5.78 Å². The molecule has 0 aromatic carbocycles. The van der Waals surface area contributed by atoms with Gasteiger partial charge in [-0.05, 0) is 70.1 Å². The third kappa shape index (κ3) is 4.60. The predicted molar refractivity (Wildman–Crippen MR) is 97.9 cm³/mol. The normalized spacial score (nSPS) is 32.0. The molecule has 0 unspecified atom stereocenters. The Balaban J connectivity index is 1.80. The number of carbonyl (C=O) groups is 1. The Morgan fingerprint density at radius 1 is 1.33 bits per heavy atom. The van der Waals surface area contributed by atoms with Gasteiger partial charge >= 0.3 is 0 Å². The molecule has 0 aromatic rings. The molecule has 0 heterocycles. The van der Waals surface area contributed by atoms with Crippen LogP contribution in [0.1, 0.15) is 86.0 Å². The molecule has 3 nitrogen and oxygen atoms in total. The van der Waals surface area contributed by atoms with Gasteiger partial charge < -0.3 is 9.47 Å². The van der Waals surface area contributed by atoms with Crippen molar-refractivity contribution in [2.75, 3.05) is 13.4 Å². The van der Waals surface area contributed by atoms with Gasteiger partial charge in [0, 0.05) is 18.9 Å². The summed E-state index contributed by atoms with van der Waals surface area (Å²) in [6, 6.07) is 0. The van der Waals surface area contributed by atoms with E-state index < -0.39 is 0 Å². The molecular weight excluding hydrogens is 300 g/mol. The second kappa shape index (κ2) is 8.31. The minimum atomic E-state index is -0.113. The minimum Gasteiger partial charge on any atom is -0.356 e. The molecule has 0 spiro atoms. The summed E-state index contributed by atoms with van der Waals surface area (Å²) >= 11 is 0. The largest absolute Gasteiger partial charge is 0.356 e. The lowest BCUT2D eigenvalue weighted by molar-refractivity contribution is -0.130. The van der Waals surface area contributed by atoms with Crippen LogP contribution in [-0.4, -0.2) is 24.8 Å². The molecule has 0 amide bonds. The number of rotatable bonds is 9. The van der Waals surface area contributed by atoms with Crippen molar-refractivity contribution < 1.29 is 14.3 Å². The number of ether oxygens (including phenoxy) is 2. The van der Waals surface area contributed by atoms with Crippen molar-refractivity contribution in [1.29, 1.82) is 0 Å². The fourth-order valence-electron chi connectivity index (χ4n) is 5.31. The first kappa shape index (κ1) is 19.9. The molecule has 2 aliphatic carbocycles. The topological polar surface area (TPSA) is 35.5 Å². The number of carbonyl (C=O) groups excluding carboxylic acids is 1. The molecule has 0 radical (unpaired) electrons. The first-order chi connectivity index (χ1) is 11.3. The maximum atomic E-state index is 12.3. The molecule has 0 N–H and O–H groups in total. The minimum absolute atomic E-state index is 0.113. The first-order valence-corrected chi connectivity index (χ1v) is 10.0. The van der Waals surface area contributed by atoms with E-state index in [-0.39, 0.29) is 11.0 Å². The highest BCUT2D eigenvalue weighted by Gasteiger charge is 2.52. The van der Waals surface area contributed by atoms with E-state index in [1.165, 1.54) is 25.7 Å². The quantitative estimate of drug-likeness (QED) is 0.419. The standard InChI is InChI=1S/C21H38O3/c1-6-23-15-24-20(3,4)13-7-9-16(2)17-11-12-18-19(22)10-8-14-21(17,18)5/h16-18H,6-15H2,1-5H3/t16-,17-,18+,21-/m1/s1. The highest BCUT2D eigenvalue weighted by Crippen LogP contribution is 2.57. The Morgan fingerprint density at radius 3 is 2.79 bits per heavy atom. The van der Waals surface area contributed by atoms with Gasteiger partial charge in [0.2, 0.25) is 0 Å². The van der Waals surface area contributed by atoms with Gasteiger partial charge in [0.15, 0.2) is 0 Å². The molecule has 4 atom stereocenters. The van der Waals surface area contributed by atoms with Crippen LogP contribution >= 0.6 is 0 Å². The lowest BCUT2D eigenvalue weighted by atomic mass is 9.62. The van der Waals surface area contributed by atoms with Gasteiger partial charge in [-0.3, -0.25) is 4.79 Å². The molecule has 0 aliphatic heterocycles. The Bertz CT molecular complexity index is 417. The monoisotopic (exact) mass is 338 g/mol. The van der Waals surface area contributed by atoms with Crippen molar-refractivity contribution in [2.24, 2.45) is 23.2 Å². The summed E-state index contributed by atoms with van der Waals surface area (Å²) < 4.78 is 11.1. The third-order valence-corrected chi connectivity index (χ3v) is 6.80. The molecule has 2 saturated carbocycles. The molecule has 3 heteroatoms. The Labute approximate surface area is 148 Å². The number of Topliss-reactive ketones (excluding diaryl/α,β-unsaturated/α-hetero) is 1. The van der Waals surface area contributed by atoms with E-state index in [1.54, 1.807) is 0 Å². The summed E-state index contributed by atoms with van der Waals surface area (Å²) in [5, 5.41) is 0. The summed E-state index contributed by atoms with van der Waals surface area (Å²) in [5.74, 6) is 2.32. The van der Waals surface area contributed by atoms with Crippen molar-refractivity contribution in [3.63, 3.8) is 0 Å². The van der Waals surface area contributed by atoms with Crippen LogP contribution in [0, 0.1) is 23.2 Å². The summed E-state index contributed by atoms with van der Waals surface area (Å²) in [6.07, 6.45) is 9.05. The van der Waals surface area contributed by atoms with Crippen molar-refractivity contribution in [3.05, 3.63) is 0 Å². The van der Waals surface area contributed by atoms with E-state index in [1.807, 2.05) is 6.92 Å². The van der Waals surface area contributed by atoms with Crippen LogP contribution < -0.4 is 0 Å². The van der Waals surface area contributed by atoms with Crippen LogP contribution in [0.25, 0.3) is 0 Å². The van der Waals surface area contributed by atoms with Crippen molar-refractivity contribution in [2.45, 2.75) is 91.6 Å². The zero-order chi connectivity index (χ0) is 17.8. The summed E-state index contributed by atoms with van der Waals surface area (Å²) in [4.78, 5) is 12.3. The SMILES string of the molecule is CCOCOC(C)(C)CCC[C@@H](C)[C@H]1CC[C@H]2C(=O)CCC[C@]12C. The smallest absolute Gasteiger partial charge is 0.147 e. The Hall–Kier alpha value is -0.410. The molecule has 2 aliphatic rings. The zero-order valence-electron chi connectivity index (χ0n) is 16.5. The van der Waals surface area contributed by atoms with Crippen LogP contribution in [0.3, 0.4) is 0 Å². The van der Waals surface area contributed by atoms with E-state index >= 15 is 0 Å². The zero-order valence-corrected chi connectivity index (χ0v) is 16.5. The molecule has 2 rings (SSSR count). The highest BCUT2D eigenvalue weighted by atomic mass is 16.7. The molecule has 0 aromatic heterocycles. The molecule has 2 fully saturated rings. The maximum absolute atomic E-state index is 12.3. The lowest BCUT2D eigenvalue weighted by Gasteiger charge is -2.42. The van der Waals surface area contributed by atoms with Gasteiger partial charge in [-0.1, -0.05) is 26.7 Å². The number of hydrogen-bond acceptors (Lipinski definition) is 3. The van der Waals surface area contributed by atoms with Gasteiger partial charge in [0.05, 0.1) is 5.60 Å². The van der Waals surface area contributed by atoms with E-state index in [0.29, 0.717) is 31.0 Å². The van der Waals surface area contributed by atoms with Gasteiger partial charge in [-0.15, -0.1) is 0 Å². The Morgan fingerprint density at radius 2 is 2.08 bits per heavy atom. The summed E-state index contributed by atoms with van der Waals surface area (Å²) in [6.45, 7) is 12.2. The highest BCUT2D eigenvalue weighted by molar-refractivity contribution is 5.83. The average molecular weight is 339 g/mol. The second-order valence-electron chi connectivity index (χ2n) is 8.95. The molecule has 0 saturated heterocycles. The third-order valence-electron chi connectivity index (χ3n) is 6.80.